The van der Waals surface area contributed by atoms with Crippen molar-refractivity contribution in [3.8, 4) is 5.75 Å². The number of rotatable bonds is 6. The van der Waals surface area contributed by atoms with Crippen LogP contribution in [-0.2, 0) is 14.9 Å². The fraction of sp³-hybridized carbons (Fsp3) is 0.393. The van der Waals surface area contributed by atoms with E-state index in [1.807, 2.05) is 47.4 Å². The van der Waals surface area contributed by atoms with Gasteiger partial charge in [0.1, 0.15) is 17.1 Å². The van der Waals surface area contributed by atoms with Crippen molar-refractivity contribution < 1.29 is 23.6 Å². The predicted molar refractivity (Wildman–Crippen MR) is 133 cm³/mol. The first kappa shape index (κ1) is 24.1. The normalized spacial score (nSPS) is 20.2. The molecule has 1 aromatic heterocycles. The molecule has 1 aliphatic heterocycles. The lowest BCUT2D eigenvalue weighted by Crippen LogP contribution is -2.52. The number of hydrogen-bond donors (Lipinski definition) is 1. The molecule has 2 aliphatic rings. The first-order chi connectivity index (χ1) is 17.4. The van der Waals surface area contributed by atoms with Crippen LogP contribution < -0.4 is 10.1 Å². The number of benzene rings is 2. The number of nitrogens with one attached hydrogen (secondary N) is 1. The van der Waals surface area contributed by atoms with Crippen molar-refractivity contribution in [2.24, 2.45) is 0 Å². The lowest BCUT2D eigenvalue weighted by molar-refractivity contribution is -0.125. The van der Waals surface area contributed by atoms with E-state index in [1.54, 1.807) is 21.0 Å². The smallest absolute Gasteiger partial charge is 0.259 e. The van der Waals surface area contributed by atoms with Crippen LogP contribution in [0.5, 0.6) is 5.75 Å². The summed E-state index contributed by atoms with van der Waals surface area (Å²) in [5, 5.41) is 7.10. The summed E-state index contributed by atoms with van der Waals surface area (Å²) in [6.07, 6.45) is 1.20. The molecule has 0 saturated carbocycles. The Balaban J connectivity index is 1.34. The summed E-state index contributed by atoms with van der Waals surface area (Å²) >= 11 is 0. The minimum absolute atomic E-state index is 0.0516. The van der Waals surface area contributed by atoms with Crippen molar-refractivity contribution in [1.29, 1.82) is 0 Å². The highest BCUT2D eigenvalue weighted by atomic mass is 16.5. The van der Waals surface area contributed by atoms with E-state index in [0.29, 0.717) is 35.9 Å². The number of aromatic nitrogens is 1. The van der Waals surface area contributed by atoms with Crippen molar-refractivity contribution in [3.63, 3.8) is 0 Å². The van der Waals surface area contributed by atoms with Crippen LogP contribution in [0.4, 0.5) is 0 Å². The van der Waals surface area contributed by atoms with Gasteiger partial charge in [-0.2, -0.15) is 0 Å². The molecule has 8 nitrogen and oxygen atoms in total. The minimum atomic E-state index is -0.306. The third-order valence-corrected chi connectivity index (χ3v) is 7.55. The third-order valence-electron chi connectivity index (χ3n) is 7.55. The number of fused-ring (bicyclic) bond motifs is 2. The molecule has 1 saturated heterocycles. The first-order valence-electron chi connectivity index (χ1n) is 12.3. The summed E-state index contributed by atoms with van der Waals surface area (Å²) in [6, 6.07) is 17.2. The second-order valence-corrected chi connectivity index (χ2v) is 9.54. The van der Waals surface area contributed by atoms with Crippen LogP contribution >= 0.6 is 0 Å². The van der Waals surface area contributed by atoms with Gasteiger partial charge < -0.3 is 24.2 Å². The number of likely N-dealkylation sites (tertiary alicyclic amines) is 1. The van der Waals surface area contributed by atoms with E-state index in [4.69, 9.17) is 14.0 Å². The SMILES string of the molecule is CO[C@H]1[C@H](NC(=O)COc2ccccc2)c2ccccc2C12CCN(C(=O)c1c(C)noc1C)CC2. The summed E-state index contributed by atoms with van der Waals surface area (Å²) in [5.74, 6) is 0.932. The highest BCUT2D eigenvalue weighted by molar-refractivity contribution is 5.96. The number of amides is 2. The van der Waals surface area contributed by atoms with Crippen LogP contribution in [-0.4, -0.2) is 54.8 Å². The summed E-state index contributed by atoms with van der Waals surface area (Å²) in [5.41, 5.74) is 3.08. The average Bonchev–Trinajstić information content (AvgIpc) is 3.37. The Bertz CT molecular complexity index is 1230. The molecule has 3 aromatic rings. The lowest BCUT2D eigenvalue weighted by Gasteiger charge is -2.44. The van der Waals surface area contributed by atoms with E-state index >= 15 is 0 Å². The third kappa shape index (κ3) is 4.15. The highest BCUT2D eigenvalue weighted by Gasteiger charge is 2.54. The largest absolute Gasteiger partial charge is 0.484 e. The van der Waals surface area contributed by atoms with Gasteiger partial charge in [-0.05, 0) is 49.9 Å². The van der Waals surface area contributed by atoms with Crippen LogP contribution in [0.3, 0.4) is 0 Å². The molecule has 1 aliphatic carbocycles. The minimum Gasteiger partial charge on any atom is -0.484 e. The summed E-state index contributed by atoms with van der Waals surface area (Å²) < 4.78 is 17.0. The number of ether oxygens (including phenoxy) is 2. The number of carbonyl (C=O) groups is 2. The van der Waals surface area contributed by atoms with Crippen LogP contribution in [0.25, 0.3) is 0 Å². The van der Waals surface area contributed by atoms with Gasteiger partial charge in [-0.25, -0.2) is 0 Å². The van der Waals surface area contributed by atoms with Gasteiger partial charge in [0.25, 0.3) is 11.8 Å². The van der Waals surface area contributed by atoms with Gasteiger partial charge in [-0.1, -0.05) is 47.6 Å². The number of para-hydroxylation sites is 1. The Labute approximate surface area is 210 Å². The Morgan fingerprint density at radius 3 is 2.44 bits per heavy atom. The quantitative estimate of drug-likeness (QED) is 0.567. The molecule has 2 heterocycles. The molecule has 2 atom stereocenters. The van der Waals surface area contributed by atoms with Crippen LogP contribution in [0.15, 0.2) is 59.1 Å². The molecule has 2 aromatic carbocycles. The van der Waals surface area contributed by atoms with E-state index in [1.165, 1.54) is 5.56 Å². The molecule has 1 N–H and O–H groups in total. The number of aryl methyl sites for hydroxylation is 2. The maximum Gasteiger partial charge on any atom is 0.259 e. The monoisotopic (exact) mass is 489 g/mol. The Hall–Kier alpha value is -3.65. The molecule has 2 amide bonds. The average molecular weight is 490 g/mol. The first-order valence-corrected chi connectivity index (χ1v) is 12.3. The molecule has 8 heteroatoms. The topological polar surface area (TPSA) is 93.9 Å². The molecular formula is C28H31N3O5. The number of carbonyl (C=O) groups excluding carboxylic acids is 2. The second kappa shape index (κ2) is 9.78. The molecule has 0 bridgehead atoms. The second-order valence-electron chi connectivity index (χ2n) is 9.54. The van der Waals surface area contributed by atoms with Gasteiger partial charge in [0.05, 0.1) is 17.8 Å². The number of methoxy groups -OCH3 is 1. The number of hydrogen-bond acceptors (Lipinski definition) is 6. The van der Waals surface area contributed by atoms with Crippen LogP contribution in [0.1, 0.15) is 51.8 Å². The zero-order valence-electron chi connectivity index (χ0n) is 20.8. The summed E-state index contributed by atoms with van der Waals surface area (Å²) in [6.45, 7) is 4.63. The number of piperidine rings is 1. The van der Waals surface area contributed by atoms with E-state index in [9.17, 15) is 9.59 Å². The molecule has 1 fully saturated rings. The molecule has 0 unspecified atom stereocenters. The van der Waals surface area contributed by atoms with Gasteiger partial charge in [-0.15, -0.1) is 0 Å². The van der Waals surface area contributed by atoms with E-state index in [2.05, 4.69) is 22.6 Å². The van der Waals surface area contributed by atoms with Crippen LogP contribution in [0.2, 0.25) is 0 Å². The molecule has 0 radical (unpaired) electrons. The maximum absolute atomic E-state index is 13.2. The summed E-state index contributed by atoms with van der Waals surface area (Å²) in [4.78, 5) is 28.0. The zero-order valence-corrected chi connectivity index (χ0v) is 20.8. The van der Waals surface area contributed by atoms with E-state index < -0.39 is 0 Å². The fourth-order valence-electron chi connectivity index (χ4n) is 5.86. The zero-order chi connectivity index (χ0) is 25.3. The molecule has 5 rings (SSSR count). The van der Waals surface area contributed by atoms with Crippen molar-refractivity contribution >= 4 is 11.8 Å². The number of nitrogens with zero attached hydrogens (tertiary/aromatic N) is 2. The van der Waals surface area contributed by atoms with E-state index in [0.717, 1.165) is 18.4 Å². The summed E-state index contributed by atoms with van der Waals surface area (Å²) in [7, 11) is 1.69. The fourth-order valence-corrected chi connectivity index (χ4v) is 5.86. The standard InChI is InChI=1S/C28H31N3O5/c1-18-24(19(2)36-30-18)27(33)31-15-13-28(14-16-31)22-12-8-7-11-21(22)25(26(28)34-3)29-23(32)17-35-20-9-5-4-6-10-20/h4-12,25-26H,13-17H2,1-3H3,(H,29,32)/t25-,26+/m1/s1. The molecule has 36 heavy (non-hydrogen) atoms. The molecule has 1 spiro atoms. The Morgan fingerprint density at radius 2 is 1.78 bits per heavy atom. The Kier molecular flexibility index (Phi) is 6.53. The van der Waals surface area contributed by atoms with Gasteiger partial charge in [0, 0.05) is 25.6 Å². The maximum atomic E-state index is 13.2. The van der Waals surface area contributed by atoms with E-state index in [-0.39, 0.29) is 36.0 Å². The molecular weight excluding hydrogens is 458 g/mol. The van der Waals surface area contributed by atoms with Crippen molar-refractivity contribution in [1.82, 2.24) is 15.4 Å². The molecule has 188 valence electrons. The van der Waals surface area contributed by atoms with Gasteiger partial charge >= 0.3 is 0 Å². The van der Waals surface area contributed by atoms with Crippen molar-refractivity contribution in [2.45, 2.75) is 44.2 Å². The predicted octanol–water partition coefficient (Wildman–Crippen LogP) is 3.73. The van der Waals surface area contributed by atoms with Crippen molar-refractivity contribution in [2.75, 3.05) is 26.8 Å². The van der Waals surface area contributed by atoms with Gasteiger partial charge in [0.2, 0.25) is 0 Å². The van der Waals surface area contributed by atoms with Crippen LogP contribution in [0, 0.1) is 13.8 Å². The van der Waals surface area contributed by atoms with Gasteiger partial charge in [0.15, 0.2) is 6.61 Å². The lowest BCUT2D eigenvalue weighted by atomic mass is 9.71. The Morgan fingerprint density at radius 1 is 1.08 bits per heavy atom. The van der Waals surface area contributed by atoms with Crippen molar-refractivity contribution in [3.05, 3.63) is 82.7 Å². The highest BCUT2D eigenvalue weighted by Crippen LogP contribution is 2.52. The van der Waals surface area contributed by atoms with Gasteiger partial charge in [-0.3, -0.25) is 9.59 Å².